The predicted octanol–water partition coefficient (Wildman–Crippen LogP) is 3.93. The Morgan fingerprint density at radius 1 is 1.10 bits per heavy atom. The highest BCUT2D eigenvalue weighted by molar-refractivity contribution is 7.98. The first-order valence-corrected chi connectivity index (χ1v) is 11.8. The van der Waals surface area contributed by atoms with Crippen LogP contribution in [0.15, 0.2) is 32.9 Å². The molecule has 0 bridgehead atoms. The van der Waals surface area contributed by atoms with E-state index in [2.05, 4.69) is 28.4 Å². The van der Waals surface area contributed by atoms with Gasteiger partial charge in [0.1, 0.15) is 5.82 Å². The lowest BCUT2D eigenvalue weighted by molar-refractivity contribution is 0.613. The molecule has 31 heavy (non-hydrogen) atoms. The van der Waals surface area contributed by atoms with Gasteiger partial charge in [-0.2, -0.15) is 0 Å². The van der Waals surface area contributed by atoms with Crippen molar-refractivity contribution in [2.75, 3.05) is 0 Å². The molecule has 0 saturated heterocycles. The van der Waals surface area contributed by atoms with Crippen LogP contribution >= 0.6 is 23.4 Å². The van der Waals surface area contributed by atoms with Crippen molar-refractivity contribution in [3.63, 3.8) is 0 Å². The number of aryl methyl sites for hydroxylation is 3. The van der Waals surface area contributed by atoms with E-state index in [1.165, 1.54) is 0 Å². The van der Waals surface area contributed by atoms with E-state index in [0.717, 1.165) is 47.8 Å². The summed E-state index contributed by atoms with van der Waals surface area (Å²) in [5.41, 5.74) is 1.94. The molecule has 1 N–H and O–H groups in total. The largest absolute Gasteiger partial charge is 0.330 e. The van der Waals surface area contributed by atoms with Crippen LogP contribution in [0.2, 0.25) is 5.02 Å². The molecule has 0 aliphatic carbocycles. The summed E-state index contributed by atoms with van der Waals surface area (Å²) in [4.78, 5) is 36.6. The third-order valence-electron chi connectivity index (χ3n) is 5.29. The van der Waals surface area contributed by atoms with Crippen LogP contribution < -0.4 is 11.2 Å². The lowest BCUT2D eigenvalue weighted by atomic mass is 10.3. The first-order chi connectivity index (χ1) is 14.9. The highest BCUT2D eigenvalue weighted by Crippen LogP contribution is 2.29. The number of aromatic amines is 1. The van der Waals surface area contributed by atoms with Crippen LogP contribution in [0.3, 0.4) is 0 Å². The van der Waals surface area contributed by atoms with Crippen molar-refractivity contribution in [2.45, 2.75) is 57.1 Å². The van der Waals surface area contributed by atoms with E-state index in [1.54, 1.807) is 20.9 Å². The number of hydrogen-bond donors (Lipinski definition) is 1. The zero-order chi connectivity index (χ0) is 22.1. The van der Waals surface area contributed by atoms with Crippen LogP contribution in [0, 0.1) is 0 Å². The van der Waals surface area contributed by atoms with Crippen molar-refractivity contribution >= 4 is 45.6 Å². The number of H-pyrrole nitrogens is 1. The molecule has 164 valence electrons. The Labute approximate surface area is 188 Å². The Kier molecular flexibility index (Phi) is 6.24. The number of halogens is 1. The van der Waals surface area contributed by atoms with E-state index in [-0.39, 0.29) is 0 Å². The number of unbranched alkanes of at least 4 members (excludes halogenated alkanes) is 1. The summed E-state index contributed by atoms with van der Waals surface area (Å²) in [5.74, 6) is 1.24. The fourth-order valence-corrected chi connectivity index (χ4v) is 4.89. The lowest BCUT2D eigenvalue weighted by Crippen LogP contribution is -2.31. The zero-order valence-corrected chi connectivity index (χ0v) is 19.4. The fourth-order valence-electron chi connectivity index (χ4n) is 3.70. The average Bonchev–Trinajstić information content (AvgIpc) is 3.24. The van der Waals surface area contributed by atoms with Gasteiger partial charge in [0.05, 0.1) is 16.8 Å². The second-order valence-corrected chi connectivity index (χ2v) is 8.87. The maximum atomic E-state index is 12.5. The van der Waals surface area contributed by atoms with Crippen LogP contribution in [0.4, 0.5) is 0 Å². The SMILES string of the molecule is CCCCn1c(=O)[nH]c(=O)c2c1nc(CSc1nc3cc(Cl)ccc3n1CCC)n2C. The molecule has 0 aliphatic rings. The molecular weight excluding hydrogens is 436 g/mol. The number of fused-ring (bicyclic) bond motifs is 2. The summed E-state index contributed by atoms with van der Waals surface area (Å²) in [6.45, 7) is 5.56. The van der Waals surface area contributed by atoms with Gasteiger partial charge < -0.3 is 9.13 Å². The van der Waals surface area contributed by atoms with Crippen molar-refractivity contribution in [3.05, 3.63) is 49.9 Å². The minimum atomic E-state index is -0.412. The van der Waals surface area contributed by atoms with Crippen LogP contribution in [-0.4, -0.2) is 28.7 Å². The molecule has 8 nitrogen and oxygen atoms in total. The van der Waals surface area contributed by atoms with Gasteiger partial charge in [0.15, 0.2) is 16.3 Å². The van der Waals surface area contributed by atoms with Crippen molar-refractivity contribution in [2.24, 2.45) is 7.05 Å². The standard InChI is InChI=1S/C21H25ClN6O2S/c1-4-6-10-28-18-17(19(29)25-20(28)30)26(3)16(24-18)12-31-21-23-14-11-13(22)7-8-15(14)27(21)9-5-2/h7-8,11H,4-6,9-10,12H2,1-3H3,(H,25,29,30). The first kappa shape index (κ1) is 21.7. The van der Waals surface area contributed by atoms with Crippen molar-refractivity contribution in [3.8, 4) is 0 Å². The third kappa shape index (κ3) is 4.04. The predicted molar refractivity (Wildman–Crippen MR) is 125 cm³/mol. The highest BCUT2D eigenvalue weighted by atomic mass is 35.5. The molecule has 4 aromatic rings. The van der Waals surface area contributed by atoms with E-state index >= 15 is 0 Å². The summed E-state index contributed by atoms with van der Waals surface area (Å²) in [5, 5.41) is 1.54. The molecule has 0 saturated carbocycles. The third-order valence-corrected chi connectivity index (χ3v) is 6.50. The highest BCUT2D eigenvalue weighted by Gasteiger charge is 2.18. The molecule has 10 heteroatoms. The molecule has 0 spiro atoms. The fraction of sp³-hybridized carbons (Fsp3) is 0.429. The van der Waals surface area contributed by atoms with E-state index in [0.29, 0.717) is 28.5 Å². The average molecular weight is 461 g/mol. The van der Waals surface area contributed by atoms with Crippen molar-refractivity contribution < 1.29 is 0 Å². The van der Waals surface area contributed by atoms with E-state index in [9.17, 15) is 9.59 Å². The number of rotatable bonds is 8. The molecular formula is C21H25ClN6O2S. The minimum absolute atomic E-state index is 0.410. The quantitative estimate of drug-likeness (QED) is 0.402. The van der Waals surface area contributed by atoms with Gasteiger partial charge in [-0.15, -0.1) is 0 Å². The van der Waals surface area contributed by atoms with Crippen molar-refractivity contribution in [1.82, 2.24) is 28.7 Å². The Bertz CT molecular complexity index is 1370. The number of nitrogens with one attached hydrogen (secondary N) is 1. The van der Waals surface area contributed by atoms with Crippen LogP contribution in [-0.2, 0) is 25.9 Å². The van der Waals surface area contributed by atoms with Gasteiger partial charge in [-0.1, -0.05) is 43.6 Å². The van der Waals surface area contributed by atoms with E-state index in [4.69, 9.17) is 16.6 Å². The lowest BCUT2D eigenvalue weighted by Gasteiger charge is -2.07. The molecule has 0 radical (unpaired) electrons. The molecule has 0 amide bonds. The Hall–Kier alpha value is -2.52. The molecule has 0 aliphatic heterocycles. The van der Waals surface area contributed by atoms with E-state index < -0.39 is 11.2 Å². The molecule has 0 atom stereocenters. The van der Waals surface area contributed by atoms with Gasteiger partial charge in [-0.3, -0.25) is 14.3 Å². The second-order valence-electron chi connectivity index (χ2n) is 7.49. The minimum Gasteiger partial charge on any atom is -0.325 e. The second kappa shape index (κ2) is 8.92. The maximum Gasteiger partial charge on any atom is 0.330 e. The number of aromatic nitrogens is 6. The molecule has 0 fully saturated rings. The Morgan fingerprint density at radius 3 is 2.65 bits per heavy atom. The van der Waals surface area contributed by atoms with Gasteiger partial charge in [-0.25, -0.2) is 14.8 Å². The first-order valence-electron chi connectivity index (χ1n) is 10.4. The summed E-state index contributed by atoms with van der Waals surface area (Å²) in [7, 11) is 1.81. The number of benzene rings is 1. The number of nitrogens with zero attached hydrogens (tertiary/aromatic N) is 5. The Morgan fingerprint density at radius 2 is 1.90 bits per heavy atom. The summed E-state index contributed by atoms with van der Waals surface area (Å²) >= 11 is 7.71. The smallest absolute Gasteiger partial charge is 0.325 e. The molecule has 1 aromatic carbocycles. The summed E-state index contributed by atoms with van der Waals surface area (Å²) < 4.78 is 5.51. The van der Waals surface area contributed by atoms with Gasteiger partial charge in [0.2, 0.25) is 0 Å². The summed E-state index contributed by atoms with van der Waals surface area (Å²) in [6, 6.07) is 5.74. The van der Waals surface area contributed by atoms with Crippen LogP contribution in [0.25, 0.3) is 22.2 Å². The molecule has 0 unspecified atom stereocenters. The maximum absolute atomic E-state index is 12.5. The van der Waals surface area contributed by atoms with Crippen molar-refractivity contribution in [1.29, 1.82) is 0 Å². The molecule has 3 heterocycles. The molecule has 3 aromatic heterocycles. The molecule has 4 rings (SSSR count). The van der Waals surface area contributed by atoms with Crippen LogP contribution in [0.5, 0.6) is 0 Å². The van der Waals surface area contributed by atoms with Gasteiger partial charge in [-0.05, 0) is 31.0 Å². The number of imidazole rings is 2. The van der Waals surface area contributed by atoms with Gasteiger partial charge in [0, 0.05) is 25.2 Å². The topological polar surface area (TPSA) is 90.5 Å². The van der Waals surface area contributed by atoms with Gasteiger partial charge >= 0.3 is 5.69 Å². The monoisotopic (exact) mass is 460 g/mol. The van der Waals surface area contributed by atoms with Gasteiger partial charge in [0.25, 0.3) is 5.56 Å². The van der Waals surface area contributed by atoms with Crippen LogP contribution in [0.1, 0.15) is 38.9 Å². The normalized spacial score (nSPS) is 11.7. The summed E-state index contributed by atoms with van der Waals surface area (Å²) in [6.07, 6.45) is 2.76. The number of thioether (sulfide) groups is 1. The number of hydrogen-bond acceptors (Lipinski definition) is 5. The Balaban J connectivity index is 1.72. The zero-order valence-electron chi connectivity index (χ0n) is 17.8. The van der Waals surface area contributed by atoms with E-state index in [1.807, 2.05) is 25.2 Å².